The first-order valence-electron chi connectivity index (χ1n) is 5.24. The normalized spacial score (nSPS) is 14.4. The number of nitrogens with two attached hydrogens (primary N) is 1. The number of hydrogen-bond acceptors (Lipinski definition) is 6. The molecule has 0 amide bonds. The van der Waals surface area contributed by atoms with Crippen LogP contribution in [0.5, 0.6) is 0 Å². The lowest BCUT2D eigenvalue weighted by molar-refractivity contribution is 0.136. The number of aromatic nitrogens is 4. The van der Waals surface area contributed by atoms with Crippen molar-refractivity contribution in [2.24, 2.45) is 12.9 Å². The summed E-state index contributed by atoms with van der Waals surface area (Å²) in [6.07, 6.45) is 0.648. The Morgan fingerprint density at radius 3 is 2.50 bits per heavy atom. The highest BCUT2D eigenvalue weighted by Crippen LogP contribution is 2.17. The first-order valence-corrected chi connectivity index (χ1v) is 5.24. The summed E-state index contributed by atoms with van der Waals surface area (Å²) in [7, 11) is 5.79. The van der Waals surface area contributed by atoms with Gasteiger partial charge in [0.15, 0.2) is 5.82 Å². The lowest BCUT2D eigenvalue weighted by Crippen LogP contribution is -2.58. The van der Waals surface area contributed by atoms with Crippen LogP contribution in [0.3, 0.4) is 0 Å². The maximum atomic E-state index is 5.59. The fraction of sp³-hybridized carbons (Fsp3) is 0.889. The molecular formula is C9H21N7. The van der Waals surface area contributed by atoms with Gasteiger partial charge in [-0.2, -0.15) is 4.80 Å². The number of aryl methyl sites for hydroxylation is 1. The topological polar surface area (TPSA) is 84.9 Å². The van der Waals surface area contributed by atoms with Gasteiger partial charge in [-0.15, -0.1) is 10.2 Å². The lowest BCUT2D eigenvalue weighted by Gasteiger charge is -2.39. The van der Waals surface area contributed by atoms with Crippen molar-refractivity contribution in [2.45, 2.75) is 31.8 Å². The van der Waals surface area contributed by atoms with Gasteiger partial charge < -0.3 is 4.90 Å². The minimum atomic E-state index is -0.0893. The van der Waals surface area contributed by atoms with Crippen LogP contribution in [0.4, 0.5) is 0 Å². The van der Waals surface area contributed by atoms with E-state index in [1.807, 2.05) is 14.1 Å². The lowest BCUT2D eigenvalue weighted by atomic mass is 9.91. The molecule has 0 bridgehead atoms. The Hall–Kier alpha value is -1.05. The molecule has 1 aromatic heterocycles. The maximum Gasteiger partial charge on any atom is 0.176 e. The van der Waals surface area contributed by atoms with Gasteiger partial charge in [0, 0.05) is 18.0 Å². The summed E-state index contributed by atoms with van der Waals surface area (Å²) in [5.74, 6) is 6.29. The van der Waals surface area contributed by atoms with Crippen LogP contribution in [0.15, 0.2) is 0 Å². The van der Waals surface area contributed by atoms with Crippen LogP contribution >= 0.6 is 0 Å². The molecule has 7 heteroatoms. The Balaban J connectivity index is 2.76. The summed E-state index contributed by atoms with van der Waals surface area (Å²) >= 11 is 0. The average Bonchev–Trinajstić information content (AvgIpc) is 2.60. The molecule has 0 aliphatic carbocycles. The Kier molecular flexibility index (Phi) is 3.95. The molecule has 0 aromatic carbocycles. The van der Waals surface area contributed by atoms with E-state index >= 15 is 0 Å². The zero-order chi connectivity index (χ0) is 12.3. The molecule has 0 fully saturated rings. The molecule has 0 spiro atoms. The van der Waals surface area contributed by atoms with Crippen molar-refractivity contribution in [2.75, 3.05) is 14.1 Å². The minimum Gasteiger partial charge on any atom is -0.303 e. The number of nitrogens with zero attached hydrogens (tertiary/aromatic N) is 5. The molecular weight excluding hydrogens is 206 g/mol. The van der Waals surface area contributed by atoms with Crippen molar-refractivity contribution in [1.29, 1.82) is 0 Å². The van der Waals surface area contributed by atoms with E-state index < -0.39 is 0 Å². The van der Waals surface area contributed by atoms with E-state index in [2.05, 4.69) is 39.6 Å². The third kappa shape index (κ3) is 2.75. The summed E-state index contributed by atoms with van der Waals surface area (Å²) < 4.78 is 0. The number of hydrazine groups is 1. The van der Waals surface area contributed by atoms with Crippen molar-refractivity contribution >= 4 is 0 Å². The van der Waals surface area contributed by atoms with E-state index in [9.17, 15) is 0 Å². The molecule has 7 nitrogen and oxygen atoms in total. The summed E-state index contributed by atoms with van der Waals surface area (Å²) in [6, 6.07) is 0.0618. The van der Waals surface area contributed by atoms with Crippen LogP contribution in [0.25, 0.3) is 0 Å². The van der Waals surface area contributed by atoms with Crippen molar-refractivity contribution in [3.05, 3.63) is 5.82 Å². The Morgan fingerprint density at radius 1 is 1.50 bits per heavy atom. The second-order valence-corrected chi connectivity index (χ2v) is 4.67. The van der Waals surface area contributed by atoms with Gasteiger partial charge >= 0.3 is 0 Å². The molecule has 1 atom stereocenters. The van der Waals surface area contributed by atoms with Gasteiger partial charge in [-0.25, -0.2) is 0 Å². The number of likely N-dealkylation sites (N-methyl/N-ethyl adjacent to an activating group) is 1. The van der Waals surface area contributed by atoms with Crippen LogP contribution in [0.1, 0.15) is 19.7 Å². The van der Waals surface area contributed by atoms with Gasteiger partial charge in [0.05, 0.1) is 7.05 Å². The molecule has 1 rings (SSSR count). The highest BCUT2D eigenvalue weighted by Gasteiger charge is 2.31. The third-order valence-corrected chi connectivity index (χ3v) is 3.14. The second-order valence-electron chi connectivity index (χ2n) is 4.67. The Bertz CT molecular complexity index is 330. The Labute approximate surface area is 96.0 Å². The smallest absolute Gasteiger partial charge is 0.176 e. The standard InChI is InChI=1S/C9H21N7/c1-9(2,15(3)4)7(11-10)6-8-12-14-16(5)13-8/h7,11H,6,10H2,1-5H3. The molecule has 0 saturated carbocycles. The SMILES string of the molecule is CN(C)C(C)(C)C(Cc1nnn(C)n1)NN. The molecule has 0 saturated heterocycles. The maximum absolute atomic E-state index is 5.59. The first kappa shape index (κ1) is 13.0. The predicted octanol–water partition coefficient (Wildman–Crippen LogP) is -1.08. The van der Waals surface area contributed by atoms with Crippen LogP contribution in [-0.4, -0.2) is 50.8 Å². The van der Waals surface area contributed by atoms with Gasteiger partial charge in [0.25, 0.3) is 0 Å². The van der Waals surface area contributed by atoms with E-state index in [1.165, 1.54) is 4.80 Å². The van der Waals surface area contributed by atoms with Gasteiger partial charge in [0.1, 0.15) is 0 Å². The highest BCUT2D eigenvalue weighted by molar-refractivity contribution is 4.96. The molecule has 1 aromatic rings. The number of rotatable bonds is 5. The molecule has 16 heavy (non-hydrogen) atoms. The monoisotopic (exact) mass is 227 g/mol. The summed E-state index contributed by atoms with van der Waals surface area (Å²) in [5.41, 5.74) is 2.73. The van der Waals surface area contributed by atoms with E-state index in [4.69, 9.17) is 5.84 Å². The quantitative estimate of drug-likeness (QED) is 0.492. The molecule has 92 valence electrons. The van der Waals surface area contributed by atoms with Gasteiger partial charge in [0.2, 0.25) is 0 Å². The fourth-order valence-electron chi connectivity index (χ4n) is 1.41. The zero-order valence-electron chi connectivity index (χ0n) is 10.6. The van der Waals surface area contributed by atoms with Crippen LogP contribution in [0, 0.1) is 0 Å². The number of nitrogens with one attached hydrogen (secondary N) is 1. The molecule has 3 N–H and O–H groups in total. The fourth-order valence-corrected chi connectivity index (χ4v) is 1.41. The molecule has 0 aliphatic heterocycles. The van der Waals surface area contributed by atoms with Crippen LogP contribution < -0.4 is 11.3 Å². The highest BCUT2D eigenvalue weighted by atomic mass is 15.6. The Morgan fingerprint density at radius 2 is 2.12 bits per heavy atom. The van der Waals surface area contributed by atoms with E-state index in [-0.39, 0.29) is 11.6 Å². The zero-order valence-corrected chi connectivity index (χ0v) is 10.6. The summed E-state index contributed by atoms with van der Waals surface area (Å²) in [5, 5.41) is 11.9. The van der Waals surface area contributed by atoms with Gasteiger partial charge in [-0.05, 0) is 33.2 Å². The first-order chi connectivity index (χ1) is 7.37. The third-order valence-electron chi connectivity index (χ3n) is 3.14. The average molecular weight is 227 g/mol. The molecule has 1 unspecified atom stereocenters. The molecule has 0 aliphatic rings. The van der Waals surface area contributed by atoms with E-state index in [1.54, 1.807) is 7.05 Å². The summed E-state index contributed by atoms with van der Waals surface area (Å²) in [6.45, 7) is 4.24. The van der Waals surface area contributed by atoms with Gasteiger partial charge in [-0.1, -0.05) is 0 Å². The second kappa shape index (κ2) is 4.86. The summed E-state index contributed by atoms with van der Waals surface area (Å²) in [4.78, 5) is 3.57. The largest absolute Gasteiger partial charge is 0.303 e. The van der Waals surface area contributed by atoms with Crippen molar-refractivity contribution < 1.29 is 0 Å². The number of hydrogen-bond donors (Lipinski definition) is 2. The minimum absolute atomic E-state index is 0.0618. The van der Waals surface area contributed by atoms with E-state index in [0.717, 1.165) is 0 Å². The van der Waals surface area contributed by atoms with Crippen molar-refractivity contribution in [3.63, 3.8) is 0 Å². The van der Waals surface area contributed by atoms with E-state index in [0.29, 0.717) is 12.2 Å². The molecule has 1 heterocycles. The van der Waals surface area contributed by atoms with Gasteiger partial charge in [-0.3, -0.25) is 11.3 Å². The molecule has 0 radical (unpaired) electrons. The number of tetrazole rings is 1. The van der Waals surface area contributed by atoms with Crippen LogP contribution in [0.2, 0.25) is 0 Å². The predicted molar refractivity (Wildman–Crippen MR) is 61.4 cm³/mol. The van der Waals surface area contributed by atoms with Crippen molar-refractivity contribution in [3.8, 4) is 0 Å². The van der Waals surface area contributed by atoms with Crippen molar-refractivity contribution in [1.82, 2.24) is 30.5 Å². The van der Waals surface area contributed by atoms with Crippen LogP contribution in [-0.2, 0) is 13.5 Å².